The molecule has 0 fully saturated rings. The van der Waals surface area contributed by atoms with E-state index >= 15 is 0 Å². The Hall–Kier alpha value is -1.32. The summed E-state index contributed by atoms with van der Waals surface area (Å²) in [6.45, 7) is 2.05. The lowest BCUT2D eigenvalue weighted by atomic mass is 9.99. The second-order valence-corrected chi connectivity index (χ2v) is 5.15. The van der Waals surface area contributed by atoms with Crippen LogP contribution < -0.4 is 10.6 Å². The van der Waals surface area contributed by atoms with Gasteiger partial charge in [-0.3, -0.25) is 0 Å². The van der Waals surface area contributed by atoms with Gasteiger partial charge in [-0.2, -0.15) is 11.3 Å². The molecule has 1 atom stereocenters. The molecule has 17 heavy (non-hydrogen) atoms. The van der Waals surface area contributed by atoms with Crippen LogP contribution in [0.4, 0.5) is 5.69 Å². The van der Waals surface area contributed by atoms with E-state index in [9.17, 15) is 0 Å². The molecule has 3 rings (SSSR count). The molecule has 0 spiro atoms. The van der Waals surface area contributed by atoms with Crippen molar-refractivity contribution < 1.29 is 0 Å². The Morgan fingerprint density at radius 3 is 3.06 bits per heavy atom. The van der Waals surface area contributed by atoms with Gasteiger partial charge < -0.3 is 10.6 Å². The van der Waals surface area contributed by atoms with E-state index in [0.717, 1.165) is 19.5 Å². The minimum Gasteiger partial charge on any atom is -0.378 e. The van der Waals surface area contributed by atoms with E-state index in [1.807, 2.05) is 0 Å². The third kappa shape index (κ3) is 2.35. The molecular weight excluding hydrogens is 228 g/mol. The van der Waals surface area contributed by atoms with Gasteiger partial charge in [0, 0.05) is 17.6 Å². The first-order valence-corrected chi connectivity index (χ1v) is 6.95. The minimum atomic E-state index is 0.427. The smallest absolute Gasteiger partial charge is 0.0529 e. The van der Waals surface area contributed by atoms with Crippen LogP contribution in [0.15, 0.2) is 41.1 Å². The predicted octanol–water partition coefficient (Wildman–Crippen LogP) is 3.39. The fourth-order valence-corrected chi connectivity index (χ4v) is 2.95. The first kappa shape index (κ1) is 10.8. The van der Waals surface area contributed by atoms with E-state index in [4.69, 9.17) is 0 Å². The Balaban J connectivity index is 1.89. The highest BCUT2D eigenvalue weighted by atomic mass is 32.1. The van der Waals surface area contributed by atoms with Gasteiger partial charge in [0.15, 0.2) is 0 Å². The van der Waals surface area contributed by atoms with Crippen LogP contribution in [0, 0.1) is 0 Å². The maximum Gasteiger partial charge on any atom is 0.0529 e. The number of benzene rings is 1. The Kier molecular flexibility index (Phi) is 3.12. The first-order valence-electron chi connectivity index (χ1n) is 6.01. The van der Waals surface area contributed by atoms with Crippen molar-refractivity contribution in [1.29, 1.82) is 0 Å². The van der Waals surface area contributed by atoms with Crippen LogP contribution in [-0.2, 0) is 6.54 Å². The fourth-order valence-electron chi connectivity index (χ4n) is 2.36. The van der Waals surface area contributed by atoms with Crippen molar-refractivity contribution in [2.45, 2.75) is 19.0 Å². The third-order valence-corrected chi connectivity index (χ3v) is 3.90. The summed E-state index contributed by atoms with van der Waals surface area (Å²) in [6.07, 6.45) is 1.13. The molecule has 0 bridgehead atoms. The zero-order valence-electron chi connectivity index (χ0n) is 9.65. The van der Waals surface area contributed by atoms with Gasteiger partial charge >= 0.3 is 0 Å². The summed E-state index contributed by atoms with van der Waals surface area (Å²) in [6, 6.07) is 11.3. The lowest BCUT2D eigenvalue weighted by Gasteiger charge is -2.19. The molecule has 2 nitrogen and oxygen atoms in total. The summed E-state index contributed by atoms with van der Waals surface area (Å²) >= 11 is 1.74. The number of rotatable bonds is 2. The van der Waals surface area contributed by atoms with E-state index < -0.39 is 0 Å². The van der Waals surface area contributed by atoms with Crippen molar-refractivity contribution in [1.82, 2.24) is 5.32 Å². The van der Waals surface area contributed by atoms with E-state index in [1.165, 1.54) is 16.8 Å². The first-order chi connectivity index (χ1) is 8.43. The Morgan fingerprint density at radius 1 is 1.24 bits per heavy atom. The van der Waals surface area contributed by atoms with Gasteiger partial charge in [0.05, 0.1) is 6.04 Å². The summed E-state index contributed by atoms with van der Waals surface area (Å²) in [5.41, 5.74) is 4.08. The predicted molar refractivity (Wildman–Crippen MR) is 73.4 cm³/mol. The van der Waals surface area contributed by atoms with Crippen LogP contribution in [0.25, 0.3) is 0 Å². The molecular formula is C14H16N2S. The number of thiophene rings is 1. The Labute approximate surface area is 106 Å². The lowest BCUT2D eigenvalue weighted by Crippen LogP contribution is -2.14. The summed E-state index contributed by atoms with van der Waals surface area (Å²) < 4.78 is 0. The van der Waals surface area contributed by atoms with Crippen molar-refractivity contribution in [3.8, 4) is 0 Å². The van der Waals surface area contributed by atoms with E-state index in [2.05, 4.69) is 51.7 Å². The van der Waals surface area contributed by atoms with E-state index in [0.29, 0.717) is 6.04 Å². The number of hydrogen-bond acceptors (Lipinski definition) is 3. The summed E-state index contributed by atoms with van der Waals surface area (Å²) in [5, 5.41) is 11.4. The van der Waals surface area contributed by atoms with Gasteiger partial charge in [-0.1, -0.05) is 24.3 Å². The topological polar surface area (TPSA) is 24.1 Å². The molecule has 1 aromatic carbocycles. The zero-order valence-corrected chi connectivity index (χ0v) is 10.5. The molecule has 0 saturated carbocycles. The molecule has 0 aliphatic carbocycles. The molecule has 0 saturated heterocycles. The summed E-state index contributed by atoms with van der Waals surface area (Å²) in [5.74, 6) is 0. The normalized spacial score (nSPS) is 19.4. The van der Waals surface area contributed by atoms with Gasteiger partial charge in [0.25, 0.3) is 0 Å². The second-order valence-electron chi connectivity index (χ2n) is 4.37. The Morgan fingerprint density at radius 2 is 2.18 bits per heavy atom. The number of hydrogen-bond donors (Lipinski definition) is 2. The van der Waals surface area contributed by atoms with Crippen LogP contribution in [0.2, 0.25) is 0 Å². The third-order valence-electron chi connectivity index (χ3n) is 3.22. The second kappa shape index (κ2) is 4.90. The van der Waals surface area contributed by atoms with Gasteiger partial charge in [0.2, 0.25) is 0 Å². The van der Waals surface area contributed by atoms with Crippen molar-refractivity contribution in [3.63, 3.8) is 0 Å². The highest BCUT2D eigenvalue weighted by molar-refractivity contribution is 7.08. The standard InChI is InChI=1S/C14H16N2S/c1-2-4-13-11(3-1)9-15-7-5-14(13)16-12-6-8-17-10-12/h1-4,6,8,10,14-16H,5,7,9H2. The molecule has 1 unspecified atom stereocenters. The van der Waals surface area contributed by atoms with Crippen LogP contribution in [0.3, 0.4) is 0 Å². The van der Waals surface area contributed by atoms with Crippen LogP contribution in [0.5, 0.6) is 0 Å². The van der Waals surface area contributed by atoms with E-state index in [1.54, 1.807) is 11.3 Å². The highest BCUT2D eigenvalue weighted by Gasteiger charge is 2.17. The van der Waals surface area contributed by atoms with Crippen LogP contribution in [0.1, 0.15) is 23.6 Å². The molecule has 2 N–H and O–H groups in total. The number of fused-ring (bicyclic) bond motifs is 1. The van der Waals surface area contributed by atoms with E-state index in [-0.39, 0.29) is 0 Å². The van der Waals surface area contributed by atoms with Crippen molar-refractivity contribution in [2.75, 3.05) is 11.9 Å². The van der Waals surface area contributed by atoms with Gasteiger partial charge in [-0.25, -0.2) is 0 Å². The van der Waals surface area contributed by atoms with Crippen LogP contribution >= 0.6 is 11.3 Å². The van der Waals surface area contributed by atoms with Gasteiger partial charge in [0.1, 0.15) is 0 Å². The summed E-state index contributed by atoms with van der Waals surface area (Å²) in [4.78, 5) is 0. The molecule has 1 aliphatic heterocycles. The molecule has 2 heterocycles. The highest BCUT2D eigenvalue weighted by Crippen LogP contribution is 2.28. The molecule has 88 valence electrons. The average Bonchev–Trinajstić information content (AvgIpc) is 2.78. The summed E-state index contributed by atoms with van der Waals surface area (Å²) in [7, 11) is 0. The average molecular weight is 244 g/mol. The number of nitrogens with one attached hydrogen (secondary N) is 2. The fraction of sp³-hybridized carbons (Fsp3) is 0.286. The van der Waals surface area contributed by atoms with Crippen LogP contribution in [-0.4, -0.2) is 6.54 Å². The van der Waals surface area contributed by atoms with Gasteiger partial charge in [-0.05, 0) is 35.5 Å². The maximum absolute atomic E-state index is 3.63. The molecule has 2 aromatic rings. The zero-order chi connectivity index (χ0) is 11.5. The quantitative estimate of drug-likeness (QED) is 0.846. The molecule has 3 heteroatoms. The SMILES string of the molecule is c1ccc2c(c1)CNCCC2Nc1ccsc1. The molecule has 1 aromatic heterocycles. The van der Waals surface area contributed by atoms with Crippen molar-refractivity contribution >= 4 is 17.0 Å². The molecule has 0 amide bonds. The number of anilines is 1. The monoisotopic (exact) mass is 244 g/mol. The van der Waals surface area contributed by atoms with Crippen molar-refractivity contribution in [3.05, 3.63) is 52.2 Å². The molecule has 0 radical (unpaired) electrons. The Bertz CT molecular complexity index is 479. The molecule has 1 aliphatic rings. The lowest BCUT2D eigenvalue weighted by molar-refractivity contribution is 0.637. The minimum absolute atomic E-state index is 0.427. The largest absolute Gasteiger partial charge is 0.378 e. The van der Waals surface area contributed by atoms with Gasteiger partial charge in [-0.15, -0.1) is 0 Å². The van der Waals surface area contributed by atoms with Crippen molar-refractivity contribution in [2.24, 2.45) is 0 Å². The maximum atomic E-state index is 3.63.